The van der Waals surface area contributed by atoms with Crippen molar-refractivity contribution in [1.29, 1.82) is 0 Å². The Balaban J connectivity index is 2.09. The highest BCUT2D eigenvalue weighted by Gasteiger charge is 2.17. The van der Waals surface area contributed by atoms with E-state index >= 15 is 0 Å². The molecular weight excluding hydrogens is 272 g/mol. The monoisotopic (exact) mass is 296 g/mol. The zero-order valence-corrected chi connectivity index (χ0v) is 13.2. The van der Waals surface area contributed by atoms with Crippen LogP contribution in [0.3, 0.4) is 0 Å². The number of hydrogen-bond donors (Lipinski definition) is 1. The van der Waals surface area contributed by atoms with Crippen LogP contribution in [0.1, 0.15) is 25.3 Å². The van der Waals surface area contributed by atoms with Gasteiger partial charge in [-0.25, -0.2) is 0 Å². The fraction of sp³-hybridized carbons (Fsp3) is 0.625. The molecule has 1 aromatic carbocycles. The van der Waals surface area contributed by atoms with Gasteiger partial charge in [-0.3, -0.25) is 0 Å². The lowest BCUT2D eigenvalue weighted by molar-refractivity contribution is 0.0685. The summed E-state index contributed by atoms with van der Waals surface area (Å²) in [7, 11) is 2.16. The van der Waals surface area contributed by atoms with E-state index in [1.807, 2.05) is 19.1 Å². The summed E-state index contributed by atoms with van der Waals surface area (Å²) in [5.74, 6) is 0.715. The second-order valence-electron chi connectivity index (χ2n) is 5.89. The topological polar surface area (TPSA) is 38.5 Å². The number of halogens is 1. The first-order chi connectivity index (χ1) is 9.56. The Morgan fingerprint density at radius 2 is 2.10 bits per heavy atom. The summed E-state index contributed by atoms with van der Waals surface area (Å²) < 4.78 is 5.43. The van der Waals surface area contributed by atoms with Gasteiger partial charge in [0, 0.05) is 43.6 Å². The molecule has 0 amide bonds. The van der Waals surface area contributed by atoms with Crippen molar-refractivity contribution in [3.8, 4) is 0 Å². The number of ether oxygens (including phenoxy) is 1. The molecule has 0 bridgehead atoms. The molecule has 0 spiro atoms. The summed E-state index contributed by atoms with van der Waals surface area (Å²) in [6.07, 6.45) is 3.16. The standard InChI is InChI=1S/C16H25ClN2O/c1-12(18)9-14-10-15(17)3-4-16(14)19(2)11-13-5-7-20-8-6-13/h3-4,10,12-13H,5-9,11,18H2,1-2H3. The van der Waals surface area contributed by atoms with E-state index in [0.717, 1.165) is 44.0 Å². The second kappa shape index (κ2) is 7.30. The molecular formula is C16H25ClN2O. The first kappa shape index (κ1) is 15.6. The molecule has 2 rings (SSSR count). The highest BCUT2D eigenvalue weighted by molar-refractivity contribution is 6.30. The first-order valence-corrected chi connectivity index (χ1v) is 7.77. The van der Waals surface area contributed by atoms with Gasteiger partial charge in [0.25, 0.3) is 0 Å². The largest absolute Gasteiger partial charge is 0.381 e. The van der Waals surface area contributed by atoms with Gasteiger partial charge < -0.3 is 15.4 Å². The van der Waals surface area contributed by atoms with Crippen LogP contribution in [0, 0.1) is 5.92 Å². The van der Waals surface area contributed by atoms with E-state index in [4.69, 9.17) is 22.1 Å². The zero-order valence-electron chi connectivity index (χ0n) is 12.4. The van der Waals surface area contributed by atoms with Crippen LogP contribution >= 0.6 is 11.6 Å². The van der Waals surface area contributed by atoms with Gasteiger partial charge in [-0.1, -0.05) is 11.6 Å². The number of nitrogens with two attached hydrogens (primary N) is 1. The Morgan fingerprint density at radius 3 is 2.75 bits per heavy atom. The van der Waals surface area contributed by atoms with Gasteiger partial charge in [0.2, 0.25) is 0 Å². The predicted molar refractivity (Wildman–Crippen MR) is 85.6 cm³/mol. The third-order valence-corrected chi connectivity index (χ3v) is 4.10. The third kappa shape index (κ3) is 4.37. The van der Waals surface area contributed by atoms with Crippen LogP contribution < -0.4 is 10.6 Å². The van der Waals surface area contributed by atoms with Gasteiger partial charge in [0.05, 0.1) is 0 Å². The molecule has 112 valence electrons. The zero-order chi connectivity index (χ0) is 14.5. The fourth-order valence-electron chi connectivity index (χ4n) is 2.85. The van der Waals surface area contributed by atoms with Crippen LogP contribution in [0.15, 0.2) is 18.2 Å². The maximum absolute atomic E-state index is 6.12. The molecule has 1 heterocycles. The van der Waals surface area contributed by atoms with Crippen LogP contribution in [0.25, 0.3) is 0 Å². The molecule has 0 saturated carbocycles. The van der Waals surface area contributed by atoms with Crippen molar-refractivity contribution < 1.29 is 4.74 Å². The van der Waals surface area contributed by atoms with Crippen LogP contribution in [0.4, 0.5) is 5.69 Å². The number of nitrogens with zero attached hydrogens (tertiary/aromatic N) is 1. The van der Waals surface area contributed by atoms with E-state index in [1.165, 1.54) is 11.3 Å². The molecule has 4 heteroatoms. The van der Waals surface area contributed by atoms with Crippen molar-refractivity contribution >= 4 is 17.3 Å². The van der Waals surface area contributed by atoms with Crippen molar-refractivity contribution in [1.82, 2.24) is 0 Å². The first-order valence-electron chi connectivity index (χ1n) is 7.39. The number of benzene rings is 1. The highest BCUT2D eigenvalue weighted by atomic mass is 35.5. The quantitative estimate of drug-likeness (QED) is 0.907. The molecule has 1 aliphatic heterocycles. The summed E-state index contributed by atoms with van der Waals surface area (Å²) in [5, 5.41) is 0.781. The third-order valence-electron chi connectivity index (χ3n) is 3.87. The number of rotatable bonds is 5. The van der Waals surface area contributed by atoms with E-state index in [0.29, 0.717) is 5.92 Å². The van der Waals surface area contributed by atoms with Gasteiger partial charge in [0.15, 0.2) is 0 Å². The Hall–Kier alpha value is -0.770. The SMILES string of the molecule is CC(N)Cc1cc(Cl)ccc1N(C)CC1CCOCC1. The summed E-state index contributed by atoms with van der Waals surface area (Å²) in [6.45, 7) is 4.89. The van der Waals surface area contributed by atoms with E-state index in [2.05, 4.69) is 18.0 Å². The lowest BCUT2D eigenvalue weighted by atomic mass is 9.98. The molecule has 0 radical (unpaired) electrons. The Morgan fingerprint density at radius 1 is 1.40 bits per heavy atom. The van der Waals surface area contributed by atoms with Crippen LogP contribution in [-0.2, 0) is 11.2 Å². The van der Waals surface area contributed by atoms with Crippen molar-refractivity contribution in [3.05, 3.63) is 28.8 Å². The van der Waals surface area contributed by atoms with Gasteiger partial charge in [-0.05, 0) is 55.9 Å². The molecule has 20 heavy (non-hydrogen) atoms. The van der Waals surface area contributed by atoms with Crippen LogP contribution in [0.2, 0.25) is 5.02 Å². The van der Waals surface area contributed by atoms with Crippen LogP contribution in [0.5, 0.6) is 0 Å². The summed E-state index contributed by atoms with van der Waals surface area (Å²) in [6, 6.07) is 6.26. The summed E-state index contributed by atoms with van der Waals surface area (Å²) >= 11 is 6.12. The molecule has 0 aliphatic carbocycles. The normalized spacial score (nSPS) is 18.0. The smallest absolute Gasteiger partial charge is 0.0469 e. The molecule has 1 saturated heterocycles. The minimum Gasteiger partial charge on any atom is -0.381 e. The number of hydrogen-bond acceptors (Lipinski definition) is 3. The maximum atomic E-state index is 6.12. The minimum atomic E-state index is 0.142. The highest BCUT2D eigenvalue weighted by Crippen LogP contribution is 2.27. The Kier molecular flexibility index (Phi) is 5.70. The molecule has 1 unspecified atom stereocenters. The summed E-state index contributed by atoms with van der Waals surface area (Å²) in [5.41, 5.74) is 8.44. The lowest BCUT2D eigenvalue weighted by Crippen LogP contribution is -2.30. The molecule has 1 aromatic rings. The second-order valence-corrected chi connectivity index (χ2v) is 6.33. The van der Waals surface area contributed by atoms with Crippen molar-refractivity contribution in [2.24, 2.45) is 11.7 Å². The van der Waals surface area contributed by atoms with Gasteiger partial charge in [0.1, 0.15) is 0 Å². The van der Waals surface area contributed by atoms with Crippen molar-refractivity contribution in [2.45, 2.75) is 32.2 Å². The lowest BCUT2D eigenvalue weighted by Gasteiger charge is -2.30. The number of anilines is 1. The van der Waals surface area contributed by atoms with Gasteiger partial charge in [-0.15, -0.1) is 0 Å². The molecule has 1 fully saturated rings. The molecule has 1 atom stereocenters. The molecule has 2 N–H and O–H groups in total. The van der Waals surface area contributed by atoms with E-state index in [-0.39, 0.29) is 6.04 Å². The Bertz CT molecular complexity index is 430. The van der Waals surface area contributed by atoms with Crippen molar-refractivity contribution in [3.63, 3.8) is 0 Å². The van der Waals surface area contributed by atoms with E-state index < -0.39 is 0 Å². The molecule has 0 aromatic heterocycles. The predicted octanol–water partition coefficient (Wildman–Crippen LogP) is 3.09. The van der Waals surface area contributed by atoms with Gasteiger partial charge in [-0.2, -0.15) is 0 Å². The molecule has 1 aliphatic rings. The maximum Gasteiger partial charge on any atom is 0.0469 e. The van der Waals surface area contributed by atoms with E-state index in [1.54, 1.807) is 0 Å². The fourth-order valence-corrected chi connectivity index (χ4v) is 3.05. The van der Waals surface area contributed by atoms with Crippen LogP contribution in [-0.4, -0.2) is 32.8 Å². The Labute approximate surface area is 127 Å². The minimum absolute atomic E-state index is 0.142. The van der Waals surface area contributed by atoms with E-state index in [9.17, 15) is 0 Å². The van der Waals surface area contributed by atoms with Gasteiger partial charge >= 0.3 is 0 Å². The molecule has 3 nitrogen and oxygen atoms in total. The van der Waals surface area contributed by atoms with Crippen molar-refractivity contribution in [2.75, 3.05) is 31.7 Å². The summed E-state index contributed by atoms with van der Waals surface area (Å²) in [4.78, 5) is 2.34. The average molecular weight is 297 g/mol. The average Bonchev–Trinajstić information content (AvgIpc) is 2.39.